The largest absolute Gasteiger partial charge is 0.482 e. The summed E-state index contributed by atoms with van der Waals surface area (Å²) in [6.07, 6.45) is 0. The minimum absolute atomic E-state index is 0.0191. The van der Waals surface area contributed by atoms with Crippen molar-refractivity contribution >= 4 is 38.9 Å². The van der Waals surface area contributed by atoms with Gasteiger partial charge in [0.05, 0.1) is 28.7 Å². The van der Waals surface area contributed by atoms with E-state index >= 15 is 0 Å². The van der Waals surface area contributed by atoms with Crippen LogP contribution in [0.25, 0.3) is 0 Å². The van der Waals surface area contributed by atoms with Crippen LogP contribution in [0.2, 0.25) is 0 Å². The second kappa shape index (κ2) is 9.13. The maximum absolute atomic E-state index is 12.8. The number of ether oxygens (including phenoxy) is 2. The highest BCUT2D eigenvalue weighted by atomic mass is 32.2. The first kappa shape index (κ1) is 22.6. The fourth-order valence-electron chi connectivity index (χ4n) is 3.49. The Balaban J connectivity index is 1.51. The van der Waals surface area contributed by atoms with E-state index in [1.54, 1.807) is 0 Å². The number of morpholine rings is 1. The lowest BCUT2D eigenvalue weighted by molar-refractivity contribution is -0.384. The van der Waals surface area contributed by atoms with Gasteiger partial charge in [-0.1, -0.05) is 6.07 Å². The summed E-state index contributed by atoms with van der Waals surface area (Å²) in [6, 6.07) is 9.56. The average molecular weight is 476 g/mol. The van der Waals surface area contributed by atoms with E-state index in [2.05, 4.69) is 5.32 Å². The van der Waals surface area contributed by atoms with E-state index in [-0.39, 0.29) is 47.4 Å². The van der Waals surface area contributed by atoms with E-state index in [9.17, 15) is 28.1 Å². The monoisotopic (exact) mass is 476 g/mol. The number of amides is 2. The van der Waals surface area contributed by atoms with Crippen LogP contribution in [0, 0.1) is 10.1 Å². The fourth-order valence-corrected chi connectivity index (χ4v) is 4.95. The summed E-state index contributed by atoms with van der Waals surface area (Å²) >= 11 is 0. The maximum Gasteiger partial charge on any atom is 0.271 e. The molecule has 0 saturated carbocycles. The predicted molar refractivity (Wildman–Crippen MR) is 116 cm³/mol. The molecule has 2 aliphatic heterocycles. The molecule has 33 heavy (non-hydrogen) atoms. The number of benzene rings is 2. The number of anilines is 2. The summed E-state index contributed by atoms with van der Waals surface area (Å²) in [7, 11) is -3.75. The van der Waals surface area contributed by atoms with Crippen molar-refractivity contribution in [3.05, 3.63) is 52.6 Å². The van der Waals surface area contributed by atoms with Gasteiger partial charge in [-0.2, -0.15) is 4.31 Å². The summed E-state index contributed by atoms with van der Waals surface area (Å²) in [5.41, 5.74) is 0.0898. The van der Waals surface area contributed by atoms with Gasteiger partial charge in [-0.05, 0) is 24.3 Å². The van der Waals surface area contributed by atoms with E-state index in [1.165, 1.54) is 40.7 Å². The van der Waals surface area contributed by atoms with Gasteiger partial charge in [-0.25, -0.2) is 8.42 Å². The second-order valence-electron chi connectivity index (χ2n) is 7.27. The van der Waals surface area contributed by atoms with Crippen molar-refractivity contribution < 1.29 is 32.4 Å². The van der Waals surface area contributed by atoms with Gasteiger partial charge in [0.25, 0.3) is 11.6 Å². The zero-order chi connectivity index (χ0) is 23.6. The van der Waals surface area contributed by atoms with Gasteiger partial charge in [0.2, 0.25) is 15.9 Å². The molecule has 4 rings (SSSR count). The van der Waals surface area contributed by atoms with Crippen molar-refractivity contribution in [1.29, 1.82) is 0 Å². The van der Waals surface area contributed by atoms with Crippen LogP contribution in [-0.2, 0) is 24.3 Å². The summed E-state index contributed by atoms with van der Waals surface area (Å²) < 4.78 is 37.5. The van der Waals surface area contributed by atoms with Crippen LogP contribution >= 0.6 is 0 Å². The lowest BCUT2D eigenvalue weighted by atomic mass is 10.2. The van der Waals surface area contributed by atoms with Crippen LogP contribution in [0.3, 0.4) is 0 Å². The number of fused-ring (bicyclic) bond motifs is 1. The number of sulfonamides is 1. The van der Waals surface area contributed by atoms with Crippen LogP contribution in [0.1, 0.15) is 0 Å². The Bertz CT molecular complexity index is 1210. The van der Waals surface area contributed by atoms with Gasteiger partial charge in [-0.3, -0.25) is 24.6 Å². The zero-order valence-electron chi connectivity index (χ0n) is 17.3. The highest BCUT2D eigenvalue weighted by molar-refractivity contribution is 7.89. The van der Waals surface area contributed by atoms with Crippen molar-refractivity contribution in [3.8, 4) is 5.75 Å². The number of hydrogen-bond donors (Lipinski definition) is 1. The van der Waals surface area contributed by atoms with Crippen LogP contribution in [-0.4, -0.2) is 68.9 Å². The van der Waals surface area contributed by atoms with Gasteiger partial charge >= 0.3 is 0 Å². The average Bonchev–Trinajstić information content (AvgIpc) is 2.81. The summed E-state index contributed by atoms with van der Waals surface area (Å²) in [5, 5.41) is 13.7. The predicted octanol–water partition coefficient (Wildman–Crippen LogP) is 0.980. The third-order valence-electron chi connectivity index (χ3n) is 5.12. The van der Waals surface area contributed by atoms with Crippen molar-refractivity contribution in [2.45, 2.75) is 4.90 Å². The van der Waals surface area contributed by atoms with Crippen molar-refractivity contribution in [2.24, 2.45) is 0 Å². The van der Waals surface area contributed by atoms with Gasteiger partial charge < -0.3 is 14.8 Å². The minimum Gasteiger partial charge on any atom is -0.482 e. The molecular weight excluding hydrogens is 456 g/mol. The first-order chi connectivity index (χ1) is 15.8. The SMILES string of the molecule is O=C(CN1C(=O)COc2ccc([N+](=O)[O-])cc21)Nc1cccc(S(=O)(=O)N2CCOCC2)c1. The number of carbonyl (C=O) groups excluding carboxylic acids is 2. The topological polar surface area (TPSA) is 148 Å². The standard InChI is InChI=1S/C20H20N4O8S/c25-19(12-23-17-11-15(24(27)28)4-5-18(17)32-13-20(23)26)21-14-2-1-3-16(10-14)33(29,30)22-6-8-31-9-7-22/h1-5,10-11H,6-9,12-13H2,(H,21,25). The lowest BCUT2D eigenvalue weighted by Gasteiger charge is -2.28. The van der Waals surface area contributed by atoms with Crippen LogP contribution in [0.4, 0.5) is 17.1 Å². The molecule has 1 N–H and O–H groups in total. The van der Waals surface area contributed by atoms with Crippen LogP contribution in [0.15, 0.2) is 47.4 Å². The molecule has 0 aromatic heterocycles. The highest BCUT2D eigenvalue weighted by Gasteiger charge is 2.30. The normalized spacial score (nSPS) is 16.6. The number of non-ortho nitro benzene ring substituents is 1. The van der Waals surface area contributed by atoms with Gasteiger partial charge in [-0.15, -0.1) is 0 Å². The lowest BCUT2D eigenvalue weighted by Crippen LogP contribution is -2.43. The molecule has 2 amide bonds. The number of rotatable bonds is 6. The Morgan fingerprint density at radius 2 is 1.91 bits per heavy atom. The van der Waals surface area contributed by atoms with E-state index in [0.29, 0.717) is 13.2 Å². The van der Waals surface area contributed by atoms with Gasteiger partial charge in [0.1, 0.15) is 12.3 Å². The fraction of sp³-hybridized carbons (Fsp3) is 0.300. The Hall–Kier alpha value is -3.55. The first-order valence-electron chi connectivity index (χ1n) is 9.95. The molecule has 0 radical (unpaired) electrons. The number of nitrogens with zero attached hydrogens (tertiary/aromatic N) is 3. The number of nitro groups is 1. The van der Waals surface area contributed by atoms with Crippen molar-refractivity contribution in [2.75, 3.05) is 49.7 Å². The molecule has 0 bridgehead atoms. The zero-order valence-corrected chi connectivity index (χ0v) is 18.1. The van der Waals surface area contributed by atoms with Crippen LogP contribution in [0.5, 0.6) is 5.75 Å². The molecule has 2 aliphatic rings. The Morgan fingerprint density at radius 1 is 1.15 bits per heavy atom. The first-order valence-corrected chi connectivity index (χ1v) is 11.4. The number of carbonyl (C=O) groups is 2. The second-order valence-corrected chi connectivity index (χ2v) is 9.21. The quantitative estimate of drug-likeness (QED) is 0.479. The molecule has 13 heteroatoms. The summed E-state index contributed by atoms with van der Waals surface area (Å²) in [5.74, 6) is -0.906. The molecule has 0 atom stereocenters. The van der Waals surface area contributed by atoms with E-state index < -0.39 is 33.3 Å². The Kier molecular flexibility index (Phi) is 6.26. The molecule has 0 unspecified atom stereocenters. The third kappa shape index (κ3) is 4.79. The molecular formula is C20H20N4O8S. The maximum atomic E-state index is 12.8. The molecule has 2 aromatic rings. The molecule has 0 aliphatic carbocycles. The van der Waals surface area contributed by atoms with Crippen molar-refractivity contribution in [1.82, 2.24) is 4.31 Å². The third-order valence-corrected chi connectivity index (χ3v) is 7.02. The van der Waals surface area contributed by atoms with Gasteiger partial charge in [0, 0.05) is 30.9 Å². The number of nitro benzene ring substituents is 1. The summed E-state index contributed by atoms with van der Waals surface area (Å²) in [4.78, 5) is 36.6. The highest BCUT2D eigenvalue weighted by Crippen LogP contribution is 2.35. The van der Waals surface area contributed by atoms with E-state index in [4.69, 9.17) is 9.47 Å². The molecule has 2 heterocycles. The Labute approximate surface area is 188 Å². The number of hydrogen-bond acceptors (Lipinski definition) is 8. The summed E-state index contributed by atoms with van der Waals surface area (Å²) in [6.45, 7) is 0.348. The molecule has 2 aromatic carbocycles. The molecule has 1 saturated heterocycles. The number of nitrogens with one attached hydrogen (secondary N) is 1. The van der Waals surface area contributed by atoms with E-state index in [1.807, 2.05) is 0 Å². The molecule has 12 nitrogen and oxygen atoms in total. The smallest absolute Gasteiger partial charge is 0.271 e. The van der Waals surface area contributed by atoms with Crippen molar-refractivity contribution in [3.63, 3.8) is 0 Å². The minimum atomic E-state index is -3.75. The van der Waals surface area contributed by atoms with Gasteiger partial charge in [0.15, 0.2) is 6.61 Å². The van der Waals surface area contributed by atoms with E-state index in [0.717, 1.165) is 11.0 Å². The molecule has 1 fully saturated rings. The van der Waals surface area contributed by atoms with Crippen LogP contribution < -0.4 is 15.0 Å². The molecule has 0 spiro atoms. The Morgan fingerprint density at radius 3 is 2.64 bits per heavy atom. The molecule has 174 valence electrons.